The van der Waals surface area contributed by atoms with Crippen LogP contribution >= 0.6 is 0 Å². The fraction of sp³-hybridized carbons (Fsp3) is 0.516. The van der Waals surface area contributed by atoms with Crippen LogP contribution in [0, 0.1) is 12.3 Å². The number of esters is 1. The third-order valence-electron chi connectivity index (χ3n) is 8.33. The highest BCUT2D eigenvalue weighted by Gasteiger charge is 2.40. The summed E-state index contributed by atoms with van der Waals surface area (Å²) in [6, 6.07) is 9.57. The summed E-state index contributed by atoms with van der Waals surface area (Å²) in [5.41, 5.74) is 3.16. The van der Waals surface area contributed by atoms with Gasteiger partial charge in [0.05, 0.1) is 28.7 Å². The Balaban J connectivity index is 1.36. The van der Waals surface area contributed by atoms with E-state index in [9.17, 15) is 18.0 Å². The first-order valence-electron chi connectivity index (χ1n) is 14.8. The molecular formula is C31H40N4O6S. The van der Waals surface area contributed by atoms with Crippen molar-refractivity contribution < 1.29 is 27.2 Å². The van der Waals surface area contributed by atoms with Crippen LogP contribution in [-0.4, -0.2) is 58.6 Å². The maximum atomic E-state index is 13.2. The van der Waals surface area contributed by atoms with Crippen molar-refractivity contribution in [2.75, 3.05) is 33.3 Å². The second-order valence-corrected chi connectivity index (χ2v) is 13.2. The minimum Gasteiger partial charge on any atom is -0.466 e. The molecule has 2 fully saturated rings. The number of nitrogens with zero attached hydrogens (tertiary/aromatic N) is 1. The van der Waals surface area contributed by atoms with Crippen molar-refractivity contribution in [3.63, 3.8) is 0 Å². The smallest absolute Gasteiger partial charge is 0.312 e. The molecule has 0 atom stereocenters. The first kappa shape index (κ1) is 30.2. The van der Waals surface area contributed by atoms with Crippen molar-refractivity contribution in [1.29, 1.82) is 0 Å². The normalized spacial score (nSPS) is 16.8. The molecule has 2 aliphatic rings. The Labute approximate surface area is 247 Å². The predicted molar refractivity (Wildman–Crippen MR) is 161 cm³/mol. The summed E-state index contributed by atoms with van der Waals surface area (Å²) < 4.78 is 40.7. The predicted octanol–water partition coefficient (Wildman–Crippen LogP) is 4.17. The van der Waals surface area contributed by atoms with Crippen LogP contribution < -0.4 is 15.4 Å². The van der Waals surface area contributed by atoms with E-state index in [4.69, 9.17) is 9.15 Å². The van der Waals surface area contributed by atoms with E-state index in [1.807, 2.05) is 37.3 Å². The van der Waals surface area contributed by atoms with Gasteiger partial charge in [0.25, 0.3) is 5.91 Å². The molecule has 0 spiro atoms. The first-order valence-corrected chi connectivity index (χ1v) is 16.4. The van der Waals surface area contributed by atoms with Crippen LogP contribution in [0.3, 0.4) is 0 Å². The molecule has 0 unspecified atom stereocenters. The van der Waals surface area contributed by atoms with Crippen LogP contribution in [0.25, 0.3) is 22.4 Å². The molecule has 5 rings (SSSR count). The lowest BCUT2D eigenvalue weighted by molar-refractivity contribution is -0.157. The van der Waals surface area contributed by atoms with E-state index >= 15 is 0 Å². The number of fused-ring (bicyclic) bond motifs is 1. The number of carbonyl (C=O) groups excluding carboxylic acids is 2. The number of piperidine rings is 1. The van der Waals surface area contributed by atoms with Gasteiger partial charge in [-0.05, 0) is 83.0 Å². The van der Waals surface area contributed by atoms with Crippen molar-refractivity contribution >= 4 is 33.0 Å². The second-order valence-electron chi connectivity index (χ2n) is 11.4. The SMILES string of the molecule is CCOC(=O)C1(CCCNS(=O)(=O)Cc2nc3oc(-c4ccc(C)cc4)c(C(=O)NC)c3cc2C2CC2)CCNCC1. The Kier molecular flexibility index (Phi) is 9.00. The molecule has 3 heterocycles. The number of hydrogen-bond donors (Lipinski definition) is 3. The summed E-state index contributed by atoms with van der Waals surface area (Å²) in [5.74, 6) is -0.168. The third kappa shape index (κ3) is 6.53. The van der Waals surface area contributed by atoms with E-state index in [2.05, 4.69) is 20.3 Å². The lowest BCUT2D eigenvalue weighted by atomic mass is 9.75. The topological polar surface area (TPSA) is 140 Å². The van der Waals surface area contributed by atoms with Crippen LogP contribution in [0.1, 0.15) is 78.5 Å². The van der Waals surface area contributed by atoms with Gasteiger partial charge in [-0.3, -0.25) is 9.59 Å². The van der Waals surface area contributed by atoms with Gasteiger partial charge in [-0.25, -0.2) is 18.1 Å². The summed E-state index contributed by atoms with van der Waals surface area (Å²) in [7, 11) is -2.16. The van der Waals surface area contributed by atoms with Crippen LogP contribution in [0.5, 0.6) is 0 Å². The maximum Gasteiger partial charge on any atom is 0.312 e. The van der Waals surface area contributed by atoms with Crippen LogP contribution in [0.15, 0.2) is 34.7 Å². The van der Waals surface area contributed by atoms with Crippen LogP contribution in [0.2, 0.25) is 0 Å². The number of aryl methyl sites for hydroxylation is 1. The van der Waals surface area contributed by atoms with Gasteiger partial charge in [-0.2, -0.15) is 0 Å². The molecule has 2 aromatic heterocycles. The lowest BCUT2D eigenvalue weighted by Gasteiger charge is -2.35. The number of ether oxygens (including phenoxy) is 1. The minimum atomic E-state index is -3.73. The molecule has 226 valence electrons. The van der Waals surface area contributed by atoms with Gasteiger partial charge in [-0.15, -0.1) is 0 Å². The molecule has 1 saturated carbocycles. The van der Waals surface area contributed by atoms with Gasteiger partial charge in [0, 0.05) is 19.2 Å². The lowest BCUT2D eigenvalue weighted by Crippen LogP contribution is -2.43. The fourth-order valence-corrected chi connectivity index (χ4v) is 6.98. The molecule has 1 aliphatic heterocycles. The first-order chi connectivity index (χ1) is 20.2. The molecule has 3 aromatic rings. The summed E-state index contributed by atoms with van der Waals surface area (Å²) in [5, 5.41) is 6.56. The largest absolute Gasteiger partial charge is 0.466 e. The molecule has 0 radical (unpaired) electrons. The van der Waals surface area contributed by atoms with Gasteiger partial charge in [0.15, 0.2) is 0 Å². The van der Waals surface area contributed by atoms with E-state index in [1.54, 1.807) is 14.0 Å². The standard InChI is InChI=1S/C31H40N4O6S/c1-4-40-30(37)31(13-16-33-17-14-31)12-5-15-34-42(38,39)19-25-23(21-10-11-21)18-24-26(28(36)32-3)27(41-29(24)35-25)22-8-6-20(2)7-9-22/h6-9,18,21,33-34H,4-5,10-17,19H2,1-3H3,(H,32,36). The number of sulfonamides is 1. The van der Waals surface area contributed by atoms with Crippen LogP contribution in [0.4, 0.5) is 0 Å². The molecule has 1 amide bonds. The monoisotopic (exact) mass is 596 g/mol. The molecule has 1 aliphatic carbocycles. The highest BCUT2D eigenvalue weighted by molar-refractivity contribution is 7.88. The molecule has 42 heavy (non-hydrogen) atoms. The zero-order chi connectivity index (χ0) is 29.9. The fourth-order valence-electron chi connectivity index (χ4n) is 5.83. The van der Waals surface area contributed by atoms with E-state index in [0.717, 1.165) is 42.6 Å². The highest BCUT2D eigenvalue weighted by atomic mass is 32.2. The van der Waals surface area contributed by atoms with E-state index in [1.165, 1.54) is 0 Å². The Morgan fingerprint density at radius 1 is 1.17 bits per heavy atom. The van der Waals surface area contributed by atoms with Crippen molar-refractivity contribution in [2.45, 2.75) is 64.0 Å². The molecule has 3 N–H and O–H groups in total. The number of benzene rings is 1. The minimum absolute atomic E-state index is 0.194. The summed E-state index contributed by atoms with van der Waals surface area (Å²) in [6.45, 7) is 5.81. The average Bonchev–Trinajstić information content (AvgIpc) is 3.76. The molecule has 0 bridgehead atoms. The number of hydrogen-bond acceptors (Lipinski definition) is 8. The molecule has 1 saturated heterocycles. The van der Waals surface area contributed by atoms with Gasteiger partial charge >= 0.3 is 5.97 Å². The maximum absolute atomic E-state index is 13.2. The number of carbonyl (C=O) groups is 2. The Hall–Kier alpha value is -3.28. The molecule has 11 heteroatoms. The van der Waals surface area contributed by atoms with Gasteiger partial charge in [-0.1, -0.05) is 29.8 Å². The zero-order valence-corrected chi connectivity index (χ0v) is 25.4. The Morgan fingerprint density at radius 2 is 1.88 bits per heavy atom. The van der Waals surface area contributed by atoms with Crippen LogP contribution in [-0.2, 0) is 25.3 Å². The van der Waals surface area contributed by atoms with E-state index in [-0.39, 0.29) is 35.8 Å². The van der Waals surface area contributed by atoms with E-state index < -0.39 is 15.4 Å². The number of pyridine rings is 1. The summed E-state index contributed by atoms with van der Waals surface area (Å²) in [6.07, 6.45) is 4.32. The van der Waals surface area contributed by atoms with Crippen molar-refractivity contribution in [2.24, 2.45) is 5.41 Å². The molecule has 1 aromatic carbocycles. The van der Waals surface area contributed by atoms with E-state index in [0.29, 0.717) is 54.7 Å². The van der Waals surface area contributed by atoms with Crippen molar-refractivity contribution in [1.82, 2.24) is 20.3 Å². The third-order valence-corrected chi connectivity index (χ3v) is 9.63. The average molecular weight is 597 g/mol. The number of aromatic nitrogens is 1. The number of amides is 1. The van der Waals surface area contributed by atoms with Gasteiger partial charge < -0.3 is 19.8 Å². The quantitative estimate of drug-likeness (QED) is 0.209. The molecule has 10 nitrogen and oxygen atoms in total. The van der Waals surface area contributed by atoms with Crippen molar-refractivity contribution in [3.8, 4) is 11.3 Å². The Bertz CT molecular complexity index is 1550. The van der Waals surface area contributed by atoms with Crippen molar-refractivity contribution in [3.05, 3.63) is 52.7 Å². The van der Waals surface area contributed by atoms with Gasteiger partial charge in [0.2, 0.25) is 15.7 Å². The number of furan rings is 1. The number of nitrogens with one attached hydrogen (secondary N) is 3. The van der Waals surface area contributed by atoms with Gasteiger partial charge in [0.1, 0.15) is 11.5 Å². The highest BCUT2D eigenvalue weighted by Crippen LogP contribution is 2.44. The molecular weight excluding hydrogens is 556 g/mol. The summed E-state index contributed by atoms with van der Waals surface area (Å²) in [4.78, 5) is 30.4. The Morgan fingerprint density at radius 3 is 2.52 bits per heavy atom. The summed E-state index contributed by atoms with van der Waals surface area (Å²) >= 11 is 0. The zero-order valence-electron chi connectivity index (χ0n) is 24.5. The second kappa shape index (κ2) is 12.5. The number of rotatable bonds is 12.